The molecule has 0 saturated heterocycles. The van der Waals surface area contributed by atoms with E-state index in [2.05, 4.69) is 20.1 Å². The standard InChI is InChI=1S/C7H16N6S/c1-12(2)4-3-5-13(8)6-9-7(14)11-10-6/h3-5,8H2,1-2H3,(H2,9,10,11,14). The minimum absolute atomic E-state index is 0.419. The molecule has 0 spiro atoms. The lowest BCUT2D eigenvalue weighted by atomic mass is 10.4. The lowest BCUT2D eigenvalue weighted by Crippen LogP contribution is -2.34. The second kappa shape index (κ2) is 5.08. The summed E-state index contributed by atoms with van der Waals surface area (Å²) in [7, 11) is 4.06. The van der Waals surface area contributed by atoms with E-state index in [4.69, 9.17) is 18.1 Å². The van der Waals surface area contributed by atoms with Gasteiger partial charge in [-0.1, -0.05) is 0 Å². The van der Waals surface area contributed by atoms with Crippen LogP contribution in [0.1, 0.15) is 6.42 Å². The molecule has 14 heavy (non-hydrogen) atoms. The molecule has 0 amide bonds. The molecule has 0 fully saturated rings. The van der Waals surface area contributed by atoms with Crippen molar-refractivity contribution in [1.82, 2.24) is 20.1 Å². The van der Waals surface area contributed by atoms with Crippen LogP contribution < -0.4 is 10.9 Å². The predicted octanol–water partition coefficient (Wildman–Crippen LogP) is 0.0991. The first-order valence-electron chi connectivity index (χ1n) is 4.41. The molecule has 0 aromatic carbocycles. The number of hydrogen-bond donors (Lipinski definition) is 3. The van der Waals surface area contributed by atoms with Crippen LogP contribution in [0.25, 0.3) is 0 Å². The number of nitrogens with one attached hydrogen (secondary N) is 2. The average Bonchev–Trinajstić information content (AvgIpc) is 2.51. The Morgan fingerprint density at radius 3 is 2.57 bits per heavy atom. The van der Waals surface area contributed by atoms with Crippen LogP contribution in [-0.2, 0) is 0 Å². The van der Waals surface area contributed by atoms with Crippen LogP contribution in [0, 0.1) is 4.77 Å². The molecule has 1 rings (SSSR count). The zero-order valence-electron chi connectivity index (χ0n) is 8.45. The zero-order chi connectivity index (χ0) is 10.6. The van der Waals surface area contributed by atoms with Crippen LogP contribution in [0.15, 0.2) is 0 Å². The summed E-state index contributed by atoms with van der Waals surface area (Å²) >= 11 is 4.82. The van der Waals surface area contributed by atoms with Crippen LogP contribution in [0.2, 0.25) is 0 Å². The molecule has 0 aliphatic heterocycles. The van der Waals surface area contributed by atoms with E-state index in [1.807, 2.05) is 14.1 Å². The van der Waals surface area contributed by atoms with E-state index in [1.54, 1.807) is 5.01 Å². The number of nitrogens with zero attached hydrogens (tertiary/aromatic N) is 3. The van der Waals surface area contributed by atoms with Gasteiger partial charge in [-0.3, -0.25) is 15.2 Å². The third-order valence-electron chi connectivity index (χ3n) is 1.77. The number of aromatic amines is 2. The van der Waals surface area contributed by atoms with Crippen molar-refractivity contribution in [3.63, 3.8) is 0 Å². The van der Waals surface area contributed by atoms with Crippen LogP contribution in [0.3, 0.4) is 0 Å². The summed E-state index contributed by atoms with van der Waals surface area (Å²) < 4.78 is 0.419. The number of H-pyrrole nitrogens is 2. The largest absolute Gasteiger partial charge is 0.309 e. The highest BCUT2D eigenvalue weighted by molar-refractivity contribution is 7.71. The van der Waals surface area contributed by atoms with Crippen LogP contribution >= 0.6 is 12.2 Å². The lowest BCUT2D eigenvalue weighted by Gasteiger charge is -2.16. The number of aromatic nitrogens is 3. The molecule has 80 valence electrons. The van der Waals surface area contributed by atoms with E-state index < -0.39 is 0 Å². The van der Waals surface area contributed by atoms with Gasteiger partial charge in [0.05, 0.1) is 0 Å². The van der Waals surface area contributed by atoms with Crippen LogP contribution in [0.5, 0.6) is 0 Å². The normalized spacial score (nSPS) is 10.9. The molecule has 4 N–H and O–H groups in total. The van der Waals surface area contributed by atoms with Crippen LogP contribution in [0.4, 0.5) is 5.95 Å². The number of nitrogens with two attached hydrogens (primary N) is 1. The number of hydrazine groups is 1. The molecule has 0 bridgehead atoms. The van der Waals surface area contributed by atoms with E-state index in [0.717, 1.165) is 19.5 Å². The molecule has 0 aliphatic carbocycles. The van der Waals surface area contributed by atoms with Crippen molar-refractivity contribution in [2.75, 3.05) is 32.2 Å². The van der Waals surface area contributed by atoms with E-state index >= 15 is 0 Å². The van der Waals surface area contributed by atoms with Crippen molar-refractivity contribution < 1.29 is 0 Å². The SMILES string of the molecule is CN(C)CCCN(N)c1nc(=S)[nH][nH]1. The maximum atomic E-state index is 5.75. The molecule has 0 saturated carbocycles. The number of rotatable bonds is 5. The Hall–Kier alpha value is -0.920. The van der Waals surface area contributed by atoms with Gasteiger partial charge in [-0.15, -0.1) is 0 Å². The smallest absolute Gasteiger partial charge is 0.234 e. The van der Waals surface area contributed by atoms with Crippen molar-refractivity contribution in [2.24, 2.45) is 5.84 Å². The van der Waals surface area contributed by atoms with Gasteiger partial charge in [-0.05, 0) is 39.3 Å². The summed E-state index contributed by atoms with van der Waals surface area (Å²) in [5, 5.41) is 7.04. The number of hydrogen-bond acceptors (Lipinski definition) is 5. The molecule has 1 aromatic heterocycles. The minimum atomic E-state index is 0.419. The van der Waals surface area contributed by atoms with Gasteiger partial charge in [-0.2, -0.15) is 4.98 Å². The Kier molecular flexibility index (Phi) is 4.05. The average molecular weight is 216 g/mol. The molecule has 6 nitrogen and oxygen atoms in total. The summed E-state index contributed by atoms with van der Waals surface area (Å²) in [6.07, 6.45) is 0.983. The Morgan fingerprint density at radius 2 is 2.07 bits per heavy atom. The van der Waals surface area contributed by atoms with Crippen molar-refractivity contribution in [3.05, 3.63) is 4.77 Å². The molecule has 7 heteroatoms. The maximum absolute atomic E-state index is 5.75. The van der Waals surface area contributed by atoms with Gasteiger partial charge in [-0.25, -0.2) is 5.84 Å². The Morgan fingerprint density at radius 1 is 1.36 bits per heavy atom. The fourth-order valence-corrected chi connectivity index (χ4v) is 1.20. The maximum Gasteiger partial charge on any atom is 0.234 e. The molecule has 0 atom stereocenters. The fraction of sp³-hybridized carbons (Fsp3) is 0.714. The van der Waals surface area contributed by atoms with E-state index in [1.165, 1.54) is 0 Å². The Bertz CT molecular complexity index is 316. The van der Waals surface area contributed by atoms with Gasteiger partial charge in [0.1, 0.15) is 0 Å². The van der Waals surface area contributed by atoms with Gasteiger partial charge in [0.25, 0.3) is 0 Å². The highest BCUT2D eigenvalue weighted by Gasteiger charge is 2.03. The topological polar surface area (TPSA) is 77.0 Å². The van der Waals surface area contributed by atoms with Crippen molar-refractivity contribution in [1.29, 1.82) is 0 Å². The fourth-order valence-electron chi connectivity index (χ4n) is 1.06. The molecule has 0 unspecified atom stereocenters. The molecular weight excluding hydrogens is 200 g/mol. The first-order chi connectivity index (χ1) is 6.59. The zero-order valence-corrected chi connectivity index (χ0v) is 9.27. The van der Waals surface area contributed by atoms with Crippen molar-refractivity contribution in [2.45, 2.75) is 6.42 Å². The van der Waals surface area contributed by atoms with Gasteiger partial charge >= 0.3 is 0 Å². The Balaban J connectivity index is 2.35. The summed E-state index contributed by atoms with van der Waals surface area (Å²) in [6, 6.07) is 0. The summed E-state index contributed by atoms with van der Waals surface area (Å²) in [6.45, 7) is 1.74. The highest BCUT2D eigenvalue weighted by atomic mass is 32.1. The third-order valence-corrected chi connectivity index (χ3v) is 1.96. The number of anilines is 1. The molecular formula is C7H16N6S. The predicted molar refractivity (Wildman–Crippen MR) is 58.5 cm³/mol. The first-order valence-corrected chi connectivity index (χ1v) is 4.82. The van der Waals surface area contributed by atoms with Crippen molar-refractivity contribution >= 4 is 18.2 Å². The summed E-state index contributed by atoms with van der Waals surface area (Å²) in [5.41, 5.74) is 0. The van der Waals surface area contributed by atoms with Crippen LogP contribution in [-0.4, -0.2) is 47.3 Å². The van der Waals surface area contributed by atoms with Gasteiger partial charge in [0.15, 0.2) is 0 Å². The van der Waals surface area contributed by atoms with E-state index in [9.17, 15) is 0 Å². The van der Waals surface area contributed by atoms with Gasteiger partial charge < -0.3 is 4.90 Å². The quantitative estimate of drug-likeness (QED) is 0.370. The second-order valence-corrected chi connectivity index (χ2v) is 3.73. The minimum Gasteiger partial charge on any atom is -0.309 e. The molecule has 0 radical (unpaired) electrons. The first kappa shape index (κ1) is 11.2. The molecule has 1 heterocycles. The Labute approximate surface area is 88.1 Å². The van der Waals surface area contributed by atoms with E-state index in [0.29, 0.717) is 10.7 Å². The van der Waals surface area contributed by atoms with Crippen molar-refractivity contribution in [3.8, 4) is 0 Å². The molecule has 0 aliphatic rings. The lowest BCUT2D eigenvalue weighted by molar-refractivity contribution is 0.400. The summed E-state index contributed by atoms with van der Waals surface area (Å²) in [5.74, 6) is 6.33. The second-order valence-electron chi connectivity index (χ2n) is 3.34. The third kappa shape index (κ3) is 3.44. The monoisotopic (exact) mass is 216 g/mol. The van der Waals surface area contributed by atoms with E-state index in [-0.39, 0.29) is 0 Å². The summed E-state index contributed by atoms with van der Waals surface area (Å²) in [4.78, 5) is 6.11. The highest BCUT2D eigenvalue weighted by Crippen LogP contribution is 2.00. The van der Waals surface area contributed by atoms with Gasteiger partial charge in [0.2, 0.25) is 10.7 Å². The van der Waals surface area contributed by atoms with Gasteiger partial charge in [0, 0.05) is 6.54 Å². The molecule has 1 aromatic rings.